The number of alkyl halides is 3. The third-order valence-corrected chi connectivity index (χ3v) is 5.10. The van der Waals surface area contributed by atoms with Crippen LogP contribution in [-0.4, -0.2) is 40.2 Å². The van der Waals surface area contributed by atoms with E-state index in [4.69, 9.17) is 11.6 Å². The van der Waals surface area contributed by atoms with Crippen molar-refractivity contribution in [1.82, 2.24) is 14.7 Å². The van der Waals surface area contributed by atoms with Crippen molar-refractivity contribution in [2.75, 3.05) is 13.7 Å². The summed E-state index contributed by atoms with van der Waals surface area (Å²) in [4.78, 5) is 38.8. The number of hydrogen-bond donors (Lipinski definition) is 0. The number of benzene rings is 2. The van der Waals surface area contributed by atoms with Crippen LogP contribution in [0.25, 0.3) is 5.69 Å². The SMILES string of the molecule is COC(=O)CN(Cc1ccc(Cl)cc1)C(=O)c1nn(-c2cccc(C(F)(F)F)c2)c(C)cc1=O. The maximum absolute atomic E-state index is 13.2. The van der Waals surface area contributed by atoms with Gasteiger partial charge in [0.1, 0.15) is 6.54 Å². The minimum Gasteiger partial charge on any atom is -0.468 e. The van der Waals surface area contributed by atoms with Gasteiger partial charge in [-0.1, -0.05) is 29.8 Å². The van der Waals surface area contributed by atoms with Crippen molar-refractivity contribution in [3.05, 3.63) is 92.4 Å². The summed E-state index contributed by atoms with van der Waals surface area (Å²) in [6, 6.07) is 11.9. The fraction of sp³-hybridized carbons (Fsp3) is 0.217. The number of aryl methyl sites for hydroxylation is 1. The molecule has 3 aromatic rings. The molecular weight excluding hydrogens is 475 g/mol. The normalized spacial score (nSPS) is 11.2. The Morgan fingerprint density at radius 2 is 1.79 bits per heavy atom. The second-order valence-corrected chi connectivity index (χ2v) is 7.76. The third kappa shape index (κ3) is 5.82. The summed E-state index contributed by atoms with van der Waals surface area (Å²) in [6.45, 7) is 0.934. The highest BCUT2D eigenvalue weighted by Crippen LogP contribution is 2.30. The molecule has 0 fully saturated rings. The molecule has 2 aromatic carbocycles. The Hall–Kier alpha value is -3.66. The van der Waals surface area contributed by atoms with Crippen LogP contribution in [0.1, 0.15) is 27.3 Å². The van der Waals surface area contributed by atoms with Gasteiger partial charge < -0.3 is 9.64 Å². The molecule has 0 aliphatic carbocycles. The van der Waals surface area contributed by atoms with Gasteiger partial charge in [-0.25, -0.2) is 4.68 Å². The van der Waals surface area contributed by atoms with Crippen LogP contribution in [0, 0.1) is 6.92 Å². The average Bonchev–Trinajstić information content (AvgIpc) is 2.79. The maximum Gasteiger partial charge on any atom is 0.416 e. The van der Waals surface area contributed by atoms with Gasteiger partial charge in [-0.3, -0.25) is 14.4 Å². The standard InChI is InChI=1S/C23H19ClF3N3O4/c1-14-10-19(31)21(28-30(14)18-5-3-4-16(11-18)23(25,26)27)22(33)29(13-20(32)34-2)12-15-6-8-17(24)9-7-15/h3-11H,12-13H2,1-2H3. The van der Waals surface area contributed by atoms with E-state index < -0.39 is 41.3 Å². The molecule has 0 bridgehead atoms. The quantitative estimate of drug-likeness (QED) is 0.484. The first-order valence-corrected chi connectivity index (χ1v) is 10.3. The van der Waals surface area contributed by atoms with Gasteiger partial charge in [-0.05, 0) is 42.8 Å². The zero-order valence-electron chi connectivity index (χ0n) is 18.1. The molecule has 3 rings (SSSR count). The number of esters is 1. The highest BCUT2D eigenvalue weighted by atomic mass is 35.5. The molecule has 1 heterocycles. The van der Waals surface area contributed by atoms with E-state index in [1.807, 2.05) is 0 Å². The summed E-state index contributed by atoms with van der Waals surface area (Å²) in [7, 11) is 1.15. The zero-order chi connectivity index (χ0) is 25.0. The Kier molecular flexibility index (Phi) is 7.41. The summed E-state index contributed by atoms with van der Waals surface area (Å²) in [6.07, 6.45) is -4.59. The molecule has 0 aliphatic heterocycles. The second-order valence-electron chi connectivity index (χ2n) is 7.32. The van der Waals surface area contributed by atoms with Crippen LogP contribution in [0.5, 0.6) is 0 Å². The highest BCUT2D eigenvalue weighted by Gasteiger charge is 2.31. The van der Waals surface area contributed by atoms with Crippen LogP contribution in [-0.2, 0) is 22.3 Å². The minimum atomic E-state index is -4.59. The molecule has 1 aromatic heterocycles. The van der Waals surface area contributed by atoms with E-state index in [9.17, 15) is 27.6 Å². The van der Waals surface area contributed by atoms with Gasteiger partial charge >= 0.3 is 12.1 Å². The Labute approximate surface area is 197 Å². The molecule has 1 amide bonds. The lowest BCUT2D eigenvalue weighted by Crippen LogP contribution is -2.39. The number of aromatic nitrogens is 2. The number of methoxy groups -OCH3 is 1. The summed E-state index contributed by atoms with van der Waals surface area (Å²) < 4.78 is 45.2. The van der Waals surface area contributed by atoms with Crippen LogP contribution >= 0.6 is 11.6 Å². The number of carbonyl (C=O) groups is 2. The number of ether oxygens (including phenoxy) is 1. The van der Waals surface area contributed by atoms with Crippen molar-refractivity contribution >= 4 is 23.5 Å². The number of hydrogen-bond acceptors (Lipinski definition) is 5. The van der Waals surface area contributed by atoms with Gasteiger partial charge in [-0.15, -0.1) is 0 Å². The third-order valence-electron chi connectivity index (χ3n) is 4.85. The summed E-state index contributed by atoms with van der Waals surface area (Å²) in [5.41, 5.74) is -1.35. The molecule has 0 spiro atoms. The lowest BCUT2D eigenvalue weighted by molar-refractivity contribution is -0.141. The Balaban J connectivity index is 2.04. The van der Waals surface area contributed by atoms with Gasteiger partial charge in [0.2, 0.25) is 5.43 Å². The number of carbonyl (C=O) groups excluding carboxylic acids is 2. The molecule has 11 heteroatoms. The molecule has 0 radical (unpaired) electrons. The molecule has 0 aliphatic rings. The predicted molar refractivity (Wildman–Crippen MR) is 118 cm³/mol. The van der Waals surface area contributed by atoms with Crippen molar-refractivity contribution in [1.29, 1.82) is 0 Å². The molecule has 178 valence electrons. The van der Waals surface area contributed by atoms with Crippen LogP contribution in [0.3, 0.4) is 0 Å². The van der Waals surface area contributed by atoms with E-state index in [0.717, 1.165) is 34.9 Å². The first-order valence-electron chi connectivity index (χ1n) is 9.88. The van der Waals surface area contributed by atoms with Crippen molar-refractivity contribution in [3.8, 4) is 5.69 Å². The predicted octanol–water partition coefficient (Wildman–Crippen LogP) is 4.03. The Bertz CT molecular complexity index is 1270. The van der Waals surface area contributed by atoms with E-state index in [1.165, 1.54) is 19.1 Å². The number of halogens is 4. The molecule has 0 saturated carbocycles. The van der Waals surface area contributed by atoms with Gasteiger partial charge in [0, 0.05) is 23.3 Å². The lowest BCUT2D eigenvalue weighted by atomic mass is 10.2. The van der Waals surface area contributed by atoms with Crippen molar-refractivity contribution < 1.29 is 27.5 Å². The zero-order valence-corrected chi connectivity index (χ0v) is 18.9. The smallest absolute Gasteiger partial charge is 0.416 e. The van der Waals surface area contributed by atoms with E-state index in [1.54, 1.807) is 24.3 Å². The van der Waals surface area contributed by atoms with E-state index in [2.05, 4.69) is 9.84 Å². The molecule has 0 saturated heterocycles. The van der Waals surface area contributed by atoms with Crippen LogP contribution in [0.2, 0.25) is 5.02 Å². The van der Waals surface area contributed by atoms with Crippen LogP contribution in [0.4, 0.5) is 13.2 Å². The van der Waals surface area contributed by atoms with Crippen LogP contribution < -0.4 is 5.43 Å². The number of amides is 1. The van der Waals surface area contributed by atoms with Crippen molar-refractivity contribution in [2.45, 2.75) is 19.6 Å². The first kappa shape index (κ1) is 25.0. The fourth-order valence-corrected chi connectivity index (χ4v) is 3.28. The summed E-state index contributed by atoms with van der Waals surface area (Å²) in [5, 5.41) is 4.52. The van der Waals surface area contributed by atoms with E-state index in [0.29, 0.717) is 10.6 Å². The van der Waals surface area contributed by atoms with Crippen molar-refractivity contribution in [2.24, 2.45) is 0 Å². The van der Waals surface area contributed by atoms with Gasteiger partial charge in [0.15, 0.2) is 5.69 Å². The van der Waals surface area contributed by atoms with Crippen LogP contribution in [0.15, 0.2) is 59.4 Å². The second kappa shape index (κ2) is 10.1. The van der Waals surface area contributed by atoms with Gasteiger partial charge in [-0.2, -0.15) is 18.3 Å². The average molecular weight is 494 g/mol. The van der Waals surface area contributed by atoms with Gasteiger partial charge in [0.05, 0.1) is 18.4 Å². The van der Waals surface area contributed by atoms with Crippen molar-refractivity contribution in [3.63, 3.8) is 0 Å². The summed E-state index contributed by atoms with van der Waals surface area (Å²) >= 11 is 5.88. The first-order chi connectivity index (χ1) is 16.0. The Morgan fingerprint density at radius 3 is 2.41 bits per heavy atom. The largest absolute Gasteiger partial charge is 0.468 e. The molecule has 0 atom stereocenters. The van der Waals surface area contributed by atoms with E-state index in [-0.39, 0.29) is 17.9 Å². The maximum atomic E-state index is 13.2. The minimum absolute atomic E-state index is 0.0126. The fourth-order valence-electron chi connectivity index (χ4n) is 3.15. The Morgan fingerprint density at radius 1 is 1.12 bits per heavy atom. The lowest BCUT2D eigenvalue weighted by Gasteiger charge is -2.22. The number of nitrogens with zero attached hydrogens (tertiary/aromatic N) is 3. The highest BCUT2D eigenvalue weighted by molar-refractivity contribution is 6.30. The molecule has 7 nitrogen and oxygen atoms in total. The molecule has 34 heavy (non-hydrogen) atoms. The molecule has 0 unspecified atom stereocenters. The topological polar surface area (TPSA) is 81.5 Å². The number of rotatable bonds is 6. The van der Waals surface area contributed by atoms with Gasteiger partial charge in [0.25, 0.3) is 5.91 Å². The van der Waals surface area contributed by atoms with E-state index >= 15 is 0 Å². The molecule has 0 N–H and O–H groups in total. The molecular formula is C23H19ClF3N3O4. The summed E-state index contributed by atoms with van der Waals surface area (Å²) in [5.74, 6) is -1.61. The monoisotopic (exact) mass is 493 g/mol.